The molecule has 2 rings (SSSR count). The smallest absolute Gasteiger partial charge is 0.269 e. The Morgan fingerprint density at radius 3 is 2.90 bits per heavy atom. The van der Waals surface area contributed by atoms with Crippen molar-refractivity contribution in [3.8, 4) is 0 Å². The molecular weight excluding hydrogens is 256 g/mol. The third-order valence-corrected chi connectivity index (χ3v) is 4.10. The predicted octanol–water partition coefficient (Wildman–Crippen LogP) is 3.26. The third-order valence-electron chi connectivity index (χ3n) is 4.10. The number of hydrogen-bond acceptors (Lipinski definition) is 4. The number of nitrogens with one attached hydrogen (secondary N) is 1. The molecule has 5 nitrogen and oxygen atoms in total. The van der Waals surface area contributed by atoms with Crippen molar-refractivity contribution >= 4 is 11.4 Å². The Labute approximate surface area is 119 Å². The lowest BCUT2D eigenvalue weighted by Gasteiger charge is -2.36. The summed E-state index contributed by atoms with van der Waals surface area (Å²) in [7, 11) is 0. The van der Waals surface area contributed by atoms with Crippen molar-refractivity contribution in [1.82, 2.24) is 0 Å². The molecular formula is C15H22N2O3. The van der Waals surface area contributed by atoms with Crippen LogP contribution < -0.4 is 5.32 Å². The van der Waals surface area contributed by atoms with Gasteiger partial charge in [0.15, 0.2) is 0 Å². The second-order valence-corrected chi connectivity index (χ2v) is 6.04. The molecule has 1 aliphatic carbocycles. The first-order valence-electron chi connectivity index (χ1n) is 7.11. The maximum absolute atomic E-state index is 10.7. The Balaban J connectivity index is 2.02. The van der Waals surface area contributed by atoms with Gasteiger partial charge < -0.3 is 10.4 Å². The number of rotatable bonds is 4. The summed E-state index contributed by atoms with van der Waals surface area (Å²) < 4.78 is 0. The monoisotopic (exact) mass is 278 g/mol. The number of aryl methyl sites for hydroxylation is 1. The average Bonchev–Trinajstić information content (AvgIpc) is 2.36. The number of nitrogens with zero attached hydrogens (tertiary/aromatic N) is 1. The van der Waals surface area contributed by atoms with Gasteiger partial charge in [0.05, 0.1) is 10.5 Å². The fraction of sp³-hybridized carbons (Fsp3) is 0.600. The van der Waals surface area contributed by atoms with Crippen molar-refractivity contribution in [3.63, 3.8) is 0 Å². The van der Waals surface area contributed by atoms with Gasteiger partial charge in [-0.2, -0.15) is 0 Å². The Kier molecular flexibility index (Phi) is 4.28. The van der Waals surface area contributed by atoms with Crippen LogP contribution in [0.2, 0.25) is 0 Å². The molecule has 5 heteroatoms. The Morgan fingerprint density at radius 1 is 1.55 bits per heavy atom. The van der Waals surface area contributed by atoms with Crippen LogP contribution in [-0.2, 0) is 0 Å². The lowest BCUT2D eigenvalue weighted by Crippen LogP contribution is -2.41. The third kappa shape index (κ3) is 3.48. The van der Waals surface area contributed by atoms with Crippen molar-refractivity contribution < 1.29 is 10.0 Å². The molecule has 1 aromatic carbocycles. The van der Waals surface area contributed by atoms with Crippen LogP contribution in [0.15, 0.2) is 18.2 Å². The molecule has 1 fully saturated rings. The highest BCUT2D eigenvalue weighted by atomic mass is 16.6. The van der Waals surface area contributed by atoms with Gasteiger partial charge in [-0.1, -0.05) is 19.8 Å². The fourth-order valence-electron chi connectivity index (χ4n) is 3.01. The SMILES string of the molecule is Cc1cc([N+](=O)[O-])ccc1NCC1(O)CCCC(C)C1. The van der Waals surface area contributed by atoms with E-state index in [0.717, 1.165) is 30.5 Å². The van der Waals surface area contributed by atoms with E-state index in [0.29, 0.717) is 12.5 Å². The van der Waals surface area contributed by atoms with Crippen molar-refractivity contribution in [1.29, 1.82) is 0 Å². The maximum Gasteiger partial charge on any atom is 0.269 e. The van der Waals surface area contributed by atoms with Crippen molar-refractivity contribution in [3.05, 3.63) is 33.9 Å². The number of benzene rings is 1. The normalized spacial score (nSPS) is 26.2. The van der Waals surface area contributed by atoms with Crippen LogP contribution >= 0.6 is 0 Å². The zero-order valence-electron chi connectivity index (χ0n) is 12.1. The Morgan fingerprint density at radius 2 is 2.30 bits per heavy atom. The number of hydrogen-bond donors (Lipinski definition) is 2. The van der Waals surface area contributed by atoms with Gasteiger partial charge in [-0.15, -0.1) is 0 Å². The summed E-state index contributed by atoms with van der Waals surface area (Å²) in [6.45, 7) is 4.50. The van der Waals surface area contributed by atoms with Gasteiger partial charge in [0.25, 0.3) is 5.69 Å². The molecule has 0 saturated heterocycles. The Hall–Kier alpha value is -1.62. The van der Waals surface area contributed by atoms with Crippen LogP contribution in [0.3, 0.4) is 0 Å². The summed E-state index contributed by atoms with van der Waals surface area (Å²) in [6.07, 6.45) is 3.86. The van der Waals surface area contributed by atoms with Crippen LogP contribution in [0.1, 0.15) is 38.2 Å². The van der Waals surface area contributed by atoms with Crippen LogP contribution in [0.4, 0.5) is 11.4 Å². The van der Waals surface area contributed by atoms with Crippen LogP contribution in [-0.4, -0.2) is 22.2 Å². The molecule has 1 aliphatic rings. The molecule has 1 aromatic rings. The number of anilines is 1. The minimum absolute atomic E-state index is 0.0954. The van der Waals surface area contributed by atoms with E-state index in [1.54, 1.807) is 12.1 Å². The molecule has 0 heterocycles. The van der Waals surface area contributed by atoms with Gasteiger partial charge in [-0.05, 0) is 37.3 Å². The molecule has 2 atom stereocenters. The first kappa shape index (κ1) is 14.8. The van der Waals surface area contributed by atoms with E-state index in [4.69, 9.17) is 0 Å². The summed E-state index contributed by atoms with van der Waals surface area (Å²) >= 11 is 0. The second kappa shape index (κ2) is 5.79. The van der Waals surface area contributed by atoms with Gasteiger partial charge in [0.2, 0.25) is 0 Å². The summed E-state index contributed by atoms with van der Waals surface area (Å²) in [5.74, 6) is 0.550. The molecule has 2 N–H and O–H groups in total. The number of nitro benzene ring substituents is 1. The lowest BCUT2D eigenvalue weighted by atomic mass is 9.79. The largest absolute Gasteiger partial charge is 0.388 e. The van der Waals surface area contributed by atoms with E-state index in [2.05, 4.69) is 12.2 Å². The second-order valence-electron chi connectivity index (χ2n) is 6.04. The summed E-state index contributed by atoms with van der Waals surface area (Å²) in [5, 5.41) is 24.5. The van der Waals surface area contributed by atoms with Gasteiger partial charge in [0.1, 0.15) is 0 Å². The van der Waals surface area contributed by atoms with Crippen LogP contribution in [0.5, 0.6) is 0 Å². The van der Waals surface area contributed by atoms with E-state index in [9.17, 15) is 15.2 Å². The molecule has 0 radical (unpaired) electrons. The van der Waals surface area contributed by atoms with Gasteiger partial charge in [-0.25, -0.2) is 0 Å². The molecule has 0 bridgehead atoms. The van der Waals surface area contributed by atoms with Crippen LogP contribution in [0.25, 0.3) is 0 Å². The van der Waals surface area contributed by atoms with E-state index < -0.39 is 10.5 Å². The highest BCUT2D eigenvalue weighted by molar-refractivity contribution is 5.55. The first-order valence-corrected chi connectivity index (χ1v) is 7.11. The lowest BCUT2D eigenvalue weighted by molar-refractivity contribution is -0.384. The Bertz CT molecular complexity index is 504. The summed E-state index contributed by atoms with van der Waals surface area (Å²) in [6, 6.07) is 4.75. The minimum atomic E-state index is -0.661. The highest BCUT2D eigenvalue weighted by Crippen LogP contribution is 2.32. The van der Waals surface area contributed by atoms with Crippen molar-refractivity contribution in [2.24, 2.45) is 5.92 Å². The molecule has 1 saturated carbocycles. The molecule has 0 aliphatic heterocycles. The molecule has 110 valence electrons. The fourth-order valence-corrected chi connectivity index (χ4v) is 3.01. The van der Waals surface area contributed by atoms with Gasteiger partial charge in [-0.3, -0.25) is 10.1 Å². The maximum atomic E-state index is 10.7. The topological polar surface area (TPSA) is 75.4 Å². The van der Waals surface area contributed by atoms with E-state index in [1.165, 1.54) is 12.5 Å². The first-order chi connectivity index (χ1) is 9.39. The standard InChI is InChI=1S/C15H22N2O3/c1-11-4-3-7-15(18,9-11)10-16-14-6-5-13(17(19)20)8-12(14)2/h5-6,8,11,16,18H,3-4,7,9-10H2,1-2H3. The van der Waals surface area contributed by atoms with E-state index >= 15 is 0 Å². The van der Waals surface area contributed by atoms with Crippen molar-refractivity contribution in [2.45, 2.75) is 45.1 Å². The predicted molar refractivity (Wildman–Crippen MR) is 78.9 cm³/mol. The summed E-state index contributed by atoms with van der Waals surface area (Å²) in [4.78, 5) is 10.3. The number of non-ortho nitro benzene ring substituents is 1. The van der Waals surface area contributed by atoms with E-state index in [-0.39, 0.29) is 5.69 Å². The molecule has 0 amide bonds. The zero-order valence-corrected chi connectivity index (χ0v) is 12.1. The quantitative estimate of drug-likeness (QED) is 0.654. The molecule has 20 heavy (non-hydrogen) atoms. The minimum Gasteiger partial charge on any atom is -0.388 e. The molecule has 0 spiro atoms. The van der Waals surface area contributed by atoms with Crippen LogP contribution in [0, 0.1) is 23.0 Å². The highest BCUT2D eigenvalue weighted by Gasteiger charge is 2.32. The van der Waals surface area contributed by atoms with Gasteiger partial charge in [0, 0.05) is 24.4 Å². The van der Waals surface area contributed by atoms with Gasteiger partial charge >= 0.3 is 0 Å². The van der Waals surface area contributed by atoms with E-state index in [1.807, 2.05) is 6.92 Å². The number of nitro groups is 1. The molecule has 0 aromatic heterocycles. The molecule has 2 unspecified atom stereocenters. The zero-order chi connectivity index (χ0) is 14.8. The number of aliphatic hydroxyl groups is 1. The summed E-state index contributed by atoms with van der Waals surface area (Å²) in [5.41, 5.74) is 1.11. The average molecular weight is 278 g/mol. The van der Waals surface area contributed by atoms with Crippen molar-refractivity contribution in [2.75, 3.05) is 11.9 Å².